The number of ether oxygens (including phenoxy) is 1. The minimum absolute atomic E-state index is 0.277. The molecule has 28 heavy (non-hydrogen) atoms. The van der Waals surface area contributed by atoms with Gasteiger partial charge >= 0.3 is 13.8 Å². The molecule has 1 aliphatic rings. The van der Waals surface area contributed by atoms with E-state index in [0.717, 1.165) is 0 Å². The highest BCUT2D eigenvalue weighted by atomic mass is 31.2. The summed E-state index contributed by atoms with van der Waals surface area (Å²) in [4.78, 5) is 29.5. The second kappa shape index (κ2) is 11.3. The molecule has 0 aromatic heterocycles. The molecule has 4 unspecified atom stereocenters. The molecule has 4 N–H and O–H groups in total. The molecule has 0 aromatic rings. The highest BCUT2D eigenvalue weighted by molar-refractivity contribution is 7.46. The van der Waals surface area contributed by atoms with E-state index in [9.17, 15) is 19.6 Å². The molecule has 0 aliphatic carbocycles. The maximum atomic E-state index is 11.3. The van der Waals surface area contributed by atoms with Crippen LogP contribution in [-0.2, 0) is 18.6 Å². The Bertz CT molecular complexity index is 699. The Hall–Kier alpha value is -1.80. The Morgan fingerprint density at radius 1 is 1.36 bits per heavy atom. The van der Waals surface area contributed by atoms with Crippen LogP contribution in [0, 0.1) is 0 Å². The third-order valence-corrected chi connectivity index (χ3v) is 4.30. The molecule has 9 heteroatoms. The highest BCUT2D eigenvalue weighted by Crippen LogP contribution is 2.41. The van der Waals surface area contributed by atoms with E-state index in [4.69, 9.17) is 19.0 Å². The van der Waals surface area contributed by atoms with E-state index < -0.39 is 37.7 Å². The average Bonchev–Trinajstić information content (AvgIpc) is 2.58. The fourth-order valence-electron chi connectivity index (χ4n) is 2.35. The fourth-order valence-corrected chi connectivity index (χ4v) is 2.98. The van der Waals surface area contributed by atoms with Gasteiger partial charge in [-0.3, -0.25) is 4.52 Å². The quantitative estimate of drug-likeness (QED) is 0.185. The molecule has 0 saturated heterocycles. The highest BCUT2D eigenvalue weighted by Gasteiger charge is 2.37. The number of phosphoric acid groups is 1. The van der Waals surface area contributed by atoms with Gasteiger partial charge in [-0.2, -0.15) is 0 Å². The van der Waals surface area contributed by atoms with E-state index in [2.05, 4.69) is 0 Å². The maximum absolute atomic E-state index is 11.3. The number of aliphatic hydroxyl groups excluding tert-OH is 1. The number of allylic oxidation sites excluding steroid dienone is 5. The number of esters is 1. The molecule has 4 atom stereocenters. The molecule has 0 radical (unpaired) electrons. The number of hydrogen-bond acceptors (Lipinski definition) is 6. The van der Waals surface area contributed by atoms with Crippen molar-refractivity contribution in [1.82, 2.24) is 0 Å². The Balaban J connectivity index is 2.87. The number of carbonyl (C=O) groups is 1. The smallest absolute Gasteiger partial charge is 0.455 e. The van der Waals surface area contributed by atoms with Gasteiger partial charge in [0.2, 0.25) is 0 Å². The number of phosphoric ester groups is 1. The second-order valence-electron chi connectivity index (χ2n) is 6.38. The molecule has 156 valence electrons. The van der Waals surface area contributed by atoms with E-state index >= 15 is 0 Å². The molecule has 0 aromatic carbocycles. The summed E-state index contributed by atoms with van der Waals surface area (Å²) in [7, 11) is -4.93. The number of cyclic esters (lactones) is 1. The molecule has 0 amide bonds. The van der Waals surface area contributed by atoms with Crippen LogP contribution in [-0.4, -0.2) is 49.9 Å². The summed E-state index contributed by atoms with van der Waals surface area (Å²) < 4.78 is 21.0. The van der Waals surface area contributed by atoms with Crippen molar-refractivity contribution < 1.29 is 38.6 Å². The van der Waals surface area contributed by atoms with Crippen molar-refractivity contribution in [3.63, 3.8) is 0 Å². The van der Waals surface area contributed by atoms with Crippen LogP contribution in [0.4, 0.5) is 0 Å². The summed E-state index contributed by atoms with van der Waals surface area (Å²) in [6.07, 6.45) is 12.6. The predicted molar refractivity (Wildman–Crippen MR) is 104 cm³/mol. The van der Waals surface area contributed by atoms with Crippen LogP contribution in [0.3, 0.4) is 0 Å². The summed E-state index contributed by atoms with van der Waals surface area (Å²) in [6.45, 7) is 3.14. The van der Waals surface area contributed by atoms with Gasteiger partial charge in [0.05, 0.1) is 6.10 Å². The van der Waals surface area contributed by atoms with Crippen molar-refractivity contribution in [3.8, 4) is 0 Å². The van der Waals surface area contributed by atoms with Gasteiger partial charge in [0.25, 0.3) is 0 Å². The normalized spacial score (nSPS) is 22.9. The standard InChI is InChI=1S/C19H27O8P/c1-3-4-5-6-7-9-15(20)14-17(27-28(23,24)25)19(2,22)13-12-16-10-8-11-18(21)26-16/h3-9,11-13,15-17,20,22H,10,14H2,1-2H3,(H2,23,24,25). The molecular weight excluding hydrogens is 387 g/mol. The third kappa shape index (κ3) is 9.94. The van der Waals surface area contributed by atoms with E-state index in [-0.39, 0.29) is 6.42 Å². The molecule has 0 spiro atoms. The van der Waals surface area contributed by atoms with Crippen molar-refractivity contribution in [2.75, 3.05) is 0 Å². The molecule has 1 rings (SSSR count). The lowest BCUT2D eigenvalue weighted by Crippen LogP contribution is -2.41. The SMILES string of the molecule is CC=CC=CC=CC(O)CC(OP(=O)(O)O)C(C)(O)C=CC1CC=CC(=O)O1. The lowest BCUT2D eigenvalue weighted by Gasteiger charge is -2.31. The van der Waals surface area contributed by atoms with Gasteiger partial charge in [-0.1, -0.05) is 48.6 Å². The first-order valence-electron chi connectivity index (χ1n) is 8.70. The largest absolute Gasteiger partial charge is 0.469 e. The molecule has 1 aliphatic heterocycles. The molecule has 1 heterocycles. The summed E-state index contributed by atoms with van der Waals surface area (Å²) in [5, 5.41) is 20.8. The van der Waals surface area contributed by atoms with Gasteiger partial charge in [-0.05, 0) is 19.9 Å². The number of rotatable bonds is 10. The fraction of sp³-hybridized carbons (Fsp3) is 0.421. The van der Waals surface area contributed by atoms with Gasteiger partial charge in [0.1, 0.15) is 17.8 Å². The van der Waals surface area contributed by atoms with Crippen LogP contribution >= 0.6 is 7.82 Å². The van der Waals surface area contributed by atoms with Crippen LogP contribution in [0.2, 0.25) is 0 Å². The van der Waals surface area contributed by atoms with Crippen molar-refractivity contribution in [2.45, 2.75) is 50.6 Å². The minimum atomic E-state index is -4.93. The predicted octanol–water partition coefficient (Wildman–Crippen LogP) is 2.08. The first-order valence-corrected chi connectivity index (χ1v) is 10.2. The van der Waals surface area contributed by atoms with E-state index in [0.29, 0.717) is 6.42 Å². The van der Waals surface area contributed by atoms with Gasteiger partial charge in [-0.15, -0.1) is 0 Å². The molecule has 0 saturated carbocycles. The summed E-state index contributed by atoms with van der Waals surface area (Å²) >= 11 is 0. The lowest BCUT2D eigenvalue weighted by molar-refractivity contribution is -0.141. The van der Waals surface area contributed by atoms with Crippen LogP contribution in [0.1, 0.15) is 26.7 Å². The van der Waals surface area contributed by atoms with Crippen LogP contribution in [0.15, 0.2) is 60.8 Å². The number of hydrogen-bond donors (Lipinski definition) is 4. The van der Waals surface area contributed by atoms with Gasteiger partial charge in [0, 0.05) is 18.9 Å². The zero-order valence-corrected chi connectivity index (χ0v) is 16.7. The van der Waals surface area contributed by atoms with Gasteiger partial charge in [-0.25, -0.2) is 9.36 Å². The first kappa shape index (κ1) is 24.2. The van der Waals surface area contributed by atoms with Crippen LogP contribution < -0.4 is 0 Å². The van der Waals surface area contributed by atoms with Gasteiger partial charge < -0.3 is 24.7 Å². The van der Waals surface area contributed by atoms with Crippen molar-refractivity contribution >= 4 is 13.8 Å². The van der Waals surface area contributed by atoms with Crippen molar-refractivity contribution in [1.29, 1.82) is 0 Å². The summed E-state index contributed by atoms with van der Waals surface area (Å²) in [5.74, 6) is -0.518. The lowest BCUT2D eigenvalue weighted by atomic mass is 9.93. The summed E-state index contributed by atoms with van der Waals surface area (Å²) in [6, 6.07) is 0. The molecule has 8 nitrogen and oxygen atoms in total. The Morgan fingerprint density at radius 2 is 2.04 bits per heavy atom. The Kier molecular flexibility index (Phi) is 9.75. The number of carbonyl (C=O) groups excluding carboxylic acids is 1. The van der Waals surface area contributed by atoms with Crippen molar-refractivity contribution in [2.24, 2.45) is 0 Å². The topological polar surface area (TPSA) is 134 Å². The molecular formula is C19H27O8P. The Morgan fingerprint density at radius 3 is 2.64 bits per heavy atom. The van der Waals surface area contributed by atoms with Gasteiger partial charge in [0.15, 0.2) is 0 Å². The zero-order valence-electron chi connectivity index (χ0n) is 15.8. The van der Waals surface area contributed by atoms with Crippen LogP contribution in [0.5, 0.6) is 0 Å². The van der Waals surface area contributed by atoms with E-state index in [1.165, 1.54) is 31.2 Å². The van der Waals surface area contributed by atoms with E-state index in [1.807, 2.05) is 13.0 Å². The van der Waals surface area contributed by atoms with Crippen molar-refractivity contribution in [3.05, 3.63) is 60.8 Å². The zero-order chi connectivity index (χ0) is 21.2. The monoisotopic (exact) mass is 414 g/mol. The number of aliphatic hydroxyl groups is 2. The Labute approximate surface area is 164 Å². The first-order chi connectivity index (χ1) is 13.0. The molecule has 0 fully saturated rings. The average molecular weight is 414 g/mol. The minimum Gasteiger partial charge on any atom is -0.455 e. The second-order valence-corrected chi connectivity index (χ2v) is 7.57. The van der Waals surface area contributed by atoms with E-state index in [1.54, 1.807) is 30.4 Å². The summed E-state index contributed by atoms with van der Waals surface area (Å²) in [5.41, 5.74) is -1.84. The maximum Gasteiger partial charge on any atom is 0.469 e. The third-order valence-electron chi connectivity index (χ3n) is 3.77. The molecule has 0 bridgehead atoms. The van der Waals surface area contributed by atoms with Crippen LogP contribution in [0.25, 0.3) is 0 Å².